The van der Waals surface area contributed by atoms with Crippen molar-refractivity contribution in [3.05, 3.63) is 0 Å². The van der Waals surface area contributed by atoms with Crippen LogP contribution in [-0.2, 0) is 19.1 Å². The second-order valence-corrected chi connectivity index (χ2v) is 6.45. The van der Waals surface area contributed by atoms with Crippen LogP contribution in [0.3, 0.4) is 0 Å². The lowest BCUT2D eigenvalue weighted by Crippen LogP contribution is -2.55. The van der Waals surface area contributed by atoms with Crippen LogP contribution in [0.1, 0.15) is 59.8 Å². The molecule has 0 saturated heterocycles. The van der Waals surface area contributed by atoms with Gasteiger partial charge in [0.05, 0.1) is 12.6 Å². The predicted octanol–water partition coefficient (Wildman–Crippen LogP) is 2.34. The minimum absolute atomic E-state index is 0.383. The number of amides is 2. The summed E-state index contributed by atoms with van der Waals surface area (Å²) in [5.41, 5.74) is 0. The highest BCUT2D eigenvalue weighted by Crippen LogP contribution is 2.24. The Balaban J connectivity index is 0.00000326. The maximum absolute atomic E-state index is 13.1. The van der Waals surface area contributed by atoms with Gasteiger partial charge in [0.1, 0.15) is 6.04 Å². The quantitative estimate of drug-likeness (QED) is 0.557. The van der Waals surface area contributed by atoms with E-state index in [1.807, 2.05) is 19.2 Å². The molecule has 0 heterocycles. The molecule has 0 radical (unpaired) electrons. The Morgan fingerprint density at radius 2 is 1.74 bits per heavy atom. The molecule has 0 bridgehead atoms. The van der Waals surface area contributed by atoms with Crippen LogP contribution in [0.4, 0.5) is 8.78 Å². The zero-order chi connectivity index (χ0) is 21.0. The van der Waals surface area contributed by atoms with Crippen LogP contribution in [0.2, 0.25) is 0 Å². The van der Waals surface area contributed by atoms with Gasteiger partial charge in [-0.25, -0.2) is 4.79 Å². The molecule has 0 aromatic carbocycles. The van der Waals surface area contributed by atoms with Crippen molar-refractivity contribution in [3.8, 4) is 0 Å². The van der Waals surface area contributed by atoms with Crippen LogP contribution in [-0.4, -0.2) is 54.1 Å². The fourth-order valence-corrected chi connectivity index (χ4v) is 2.74. The summed E-state index contributed by atoms with van der Waals surface area (Å²) in [6.45, 7) is 5.83. The van der Waals surface area contributed by atoms with Gasteiger partial charge in [-0.2, -0.15) is 8.78 Å². The highest BCUT2D eigenvalue weighted by Gasteiger charge is 2.40. The van der Waals surface area contributed by atoms with Gasteiger partial charge in [-0.05, 0) is 25.7 Å². The zero-order valence-corrected chi connectivity index (χ0v) is 16.5. The molecule has 1 rings (SSSR count). The van der Waals surface area contributed by atoms with Gasteiger partial charge >= 0.3 is 11.9 Å². The van der Waals surface area contributed by atoms with Crippen molar-refractivity contribution < 1.29 is 33.0 Å². The Morgan fingerprint density at radius 1 is 1.19 bits per heavy atom. The molecule has 0 aliphatic heterocycles. The fraction of sp³-hybridized carbons (Fsp3) is 0.833. The molecule has 3 N–H and O–H groups in total. The first kappa shape index (κ1) is 25.2. The number of nitrogens with one attached hydrogen (secondary N) is 2. The van der Waals surface area contributed by atoms with Crippen LogP contribution in [0, 0.1) is 5.92 Å². The first-order chi connectivity index (χ1) is 12.6. The van der Waals surface area contributed by atoms with E-state index in [0.29, 0.717) is 12.5 Å². The van der Waals surface area contributed by atoms with Crippen LogP contribution < -0.4 is 10.6 Å². The monoisotopic (exact) mass is 394 g/mol. The van der Waals surface area contributed by atoms with Gasteiger partial charge in [-0.15, -0.1) is 0 Å². The van der Waals surface area contributed by atoms with Crippen molar-refractivity contribution in [1.82, 2.24) is 10.6 Å². The van der Waals surface area contributed by atoms with Crippen LogP contribution >= 0.6 is 0 Å². The van der Waals surface area contributed by atoms with Gasteiger partial charge in [-0.1, -0.05) is 33.1 Å². The summed E-state index contributed by atoms with van der Waals surface area (Å²) in [5.74, 6) is -7.45. The van der Waals surface area contributed by atoms with E-state index in [4.69, 9.17) is 9.84 Å². The maximum Gasteiger partial charge on any atom is 0.376 e. The largest absolute Gasteiger partial charge is 0.477 e. The number of alkyl halides is 2. The Morgan fingerprint density at radius 3 is 2.22 bits per heavy atom. The Bertz CT molecular complexity index is 482. The van der Waals surface area contributed by atoms with E-state index in [2.05, 4.69) is 5.32 Å². The molecule has 158 valence electrons. The fourth-order valence-electron chi connectivity index (χ4n) is 2.74. The number of carbonyl (C=O) groups excluding carboxylic acids is 2. The summed E-state index contributed by atoms with van der Waals surface area (Å²) in [7, 11) is 0. The predicted molar refractivity (Wildman–Crippen MR) is 96.5 cm³/mol. The van der Waals surface area contributed by atoms with Gasteiger partial charge in [0.15, 0.2) is 0 Å². The molecule has 2 amide bonds. The van der Waals surface area contributed by atoms with Crippen molar-refractivity contribution in [1.29, 1.82) is 0 Å². The number of aliphatic carboxylic acids is 1. The molecule has 27 heavy (non-hydrogen) atoms. The van der Waals surface area contributed by atoms with Crippen LogP contribution in [0.25, 0.3) is 0 Å². The third kappa shape index (κ3) is 9.65. The number of ether oxygens (including phenoxy) is 1. The topological polar surface area (TPSA) is 105 Å². The zero-order valence-electron chi connectivity index (χ0n) is 16.5. The van der Waals surface area contributed by atoms with Gasteiger partial charge in [0, 0.05) is 13.5 Å². The van der Waals surface area contributed by atoms with E-state index in [1.165, 1.54) is 13.3 Å². The van der Waals surface area contributed by atoms with Crippen molar-refractivity contribution in [3.63, 3.8) is 0 Å². The van der Waals surface area contributed by atoms with Gasteiger partial charge < -0.3 is 20.5 Å². The smallest absolute Gasteiger partial charge is 0.376 e. The molecule has 1 fully saturated rings. The number of hydrogen-bond acceptors (Lipinski definition) is 4. The third-order valence-electron chi connectivity index (χ3n) is 4.23. The molecule has 9 heteroatoms. The highest BCUT2D eigenvalue weighted by molar-refractivity contribution is 5.88. The minimum atomic E-state index is -4.08. The summed E-state index contributed by atoms with van der Waals surface area (Å²) < 4.78 is 31.8. The molecule has 1 aliphatic carbocycles. The molecule has 2 atom stereocenters. The second-order valence-electron chi connectivity index (χ2n) is 6.45. The Kier molecular flexibility index (Phi) is 11.8. The normalized spacial score (nSPS) is 17.1. The SMILES string of the molecule is CC.CC(=O)NC(C(=O)NCC(F)(F)C(=O)O)C(C)OCC1CCCCC1. The molecule has 2 unspecified atom stereocenters. The van der Waals surface area contributed by atoms with Crippen LogP contribution in [0.15, 0.2) is 0 Å². The summed E-state index contributed by atoms with van der Waals surface area (Å²) in [5, 5.41) is 12.6. The van der Waals surface area contributed by atoms with E-state index in [9.17, 15) is 23.2 Å². The second kappa shape index (κ2) is 12.6. The molecule has 0 aromatic heterocycles. The molecule has 7 nitrogen and oxygen atoms in total. The number of carbonyl (C=O) groups is 3. The number of carboxylic acid groups (broad SMARTS) is 1. The first-order valence-electron chi connectivity index (χ1n) is 9.41. The van der Waals surface area contributed by atoms with Crippen LogP contribution in [0.5, 0.6) is 0 Å². The summed E-state index contributed by atoms with van der Waals surface area (Å²) in [4.78, 5) is 33.8. The summed E-state index contributed by atoms with van der Waals surface area (Å²) in [6, 6.07) is -1.18. The standard InChI is InChI=1S/C16H26F2N2O5.C2H6/c1-10(25-8-12-6-4-3-5-7-12)13(20-11(2)21)14(22)19-9-16(17,18)15(23)24;1-2/h10,12-13H,3-9H2,1-2H3,(H,19,22)(H,20,21)(H,23,24);1-2H3. The van der Waals surface area contributed by atoms with E-state index in [-0.39, 0.29) is 0 Å². The number of carboxylic acids is 1. The van der Waals surface area contributed by atoms with Crippen molar-refractivity contribution >= 4 is 17.8 Å². The number of hydrogen-bond donors (Lipinski definition) is 3. The lowest BCUT2D eigenvalue weighted by molar-refractivity contribution is -0.164. The van der Waals surface area contributed by atoms with Crippen molar-refractivity contribution in [2.24, 2.45) is 5.92 Å². The van der Waals surface area contributed by atoms with Gasteiger partial charge in [0.2, 0.25) is 11.8 Å². The number of halogens is 2. The molecule has 1 saturated carbocycles. The average Bonchev–Trinajstić information content (AvgIpc) is 2.64. The molecular weight excluding hydrogens is 362 g/mol. The summed E-state index contributed by atoms with van der Waals surface area (Å²) in [6.07, 6.45) is 4.79. The molecule has 0 spiro atoms. The van der Waals surface area contributed by atoms with Crippen molar-refractivity contribution in [2.45, 2.75) is 77.9 Å². The molecule has 0 aromatic rings. The van der Waals surface area contributed by atoms with E-state index in [0.717, 1.165) is 25.7 Å². The Hall–Kier alpha value is -1.77. The highest BCUT2D eigenvalue weighted by atomic mass is 19.3. The summed E-state index contributed by atoms with van der Waals surface area (Å²) >= 11 is 0. The van der Waals surface area contributed by atoms with Crippen molar-refractivity contribution in [2.75, 3.05) is 13.2 Å². The third-order valence-corrected chi connectivity index (χ3v) is 4.23. The lowest BCUT2D eigenvalue weighted by atomic mass is 9.90. The Labute approximate surface area is 159 Å². The van der Waals surface area contributed by atoms with Gasteiger partial charge in [0.25, 0.3) is 0 Å². The first-order valence-corrected chi connectivity index (χ1v) is 9.41. The number of rotatable bonds is 9. The maximum atomic E-state index is 13.1. The molecule has 1 aliphatic rings. The van der Waals surface area contributed by atoms with E-state index >= 15 is 0 Å². The lowest BCUT2D eigenvalue weighted by Gasteiger charge is -2.28. The van der Waals surface area contributed by atoms with E-state index < -0.39 is 42.4 Å². The molecular formula is C18H32F2N2O5. The van der Waals surface area contributed by atoms with E-state index in [1.54, 1.807) is 6.92 Å². The minimum Gasteiger partial charge on any atom is -0.477 e. The average molecular weight is 394 g/mol. The van der Waals surface area contributed by atoms with Gasteiger partial charge in [-0.3, -0.25) is 9.59 Å².